The number of rotatable bonds is 8. The molecule has 0 aliphatic carbocycles. The maximum atomic E-state index is 12.8. The van der Waals surface area contributed by atoms with Gasteiger partial charge in [0.05, 0.1) is 24.2 Å². The summed E-state index contributed by atoms with van der Waals surface area (Å²) in [5.74, 6) is 0.706. The number of carbonyl (C=O) groups excluding carboxylic acids is 1. The van der Waals surface area contributed by atoms with Crippen LogP contribution in [0.4, 0.5) is 11.4 Å². The third-order valence-corrected chi connectivity index (χ3v) is 4.33. The van der Waals surface area contributed by atoms with E-state index in [1.54, 1.807) is 17.2 Å². The predicted molar refractivity (Wildman–Crippen MR) is 112 cm³/mol. The molecule has 5 nitrogen and oxygen atoms in total. The lowest BCUT2D eigenvalue weighted by atomic mass is 10.2. The van der Waals surface area contributed by atoms with E-state index in [0.717, 1.165) is 22.7 Å². The number of nitrogens with one attached hydrogen (secondary N) is 1. The second kappa shape index (κ2) is 9.55. The second-order valence-corrected chi connectivity index (χ2v) is 6.29. The SMILES string of the molecule is CCOc1ccccc1Nc1ccc(C(=O)N(CC)Cc2ccccc2)nc1. The van der Waals surface area contributed by atoms with E-state index in [9.17, 15) is 4.79 Å². The Morgan fingerprint density at radius 2 is 1.75 bits per heavy atom. The van der Waals surface area contributed by atoms with Gasteiger partial charge in [-0.2, -0.15) is 0 Å². The van der Waals surface area contributed by atoms with Crippen LogP contribution in [0, 0.1) is 0 Å². The van der Waals surface area contributed by atoms with Crippen molar-refractivity contribution in [3.63, 3.8) is 0 Å². The average Bonchev–Trinajstić information content (AvgIpc) is 2.74. The van der Waals surface area contributed by atoms with Crippen molar-refractivity contribution < 1.29 is 9.53 Å². The zero-order valence-electron chi connectivity index (χ0n) is 16.3. The second-order valence-electron chi connectivity index (χ2n) is 6.29. The molecule has 0 unspecified atom stereocenters. The average molecular weight is 375 g/mol. The van der Waals surface area contributed by atoms with E-state index in [-0.39, 0.29) is 5.91 Å². The van der Waals surface area contributed by atoms with E-state index in [0.29, 0.717) is 25.4 Å². The number of para-hydroxylation sites is 2. The van der Waals surface area contributed by atoms with Gasteiger partial charge >= 0.3 is 0 Å². The molecule has 0 atom stereocenters. The van der Waals surface area contributed by atoms with E-state index in [4.69, 9.17) is 4.74 Å². The van der Waals surface area contributed by atoms with Crippen molar-refractivity contribution in [2.24, 2.45) is 0 Å². The molecule has 0 saturated heterocycles. The number of pyridine rings is 1. The van der Waals surface area contributed by atoms with Gasteiger partial charge in [-0.15, -0.1) is 0 Å². The fraction of sp³-hybridized carbons (Fsp3) is 0.217. The monoisotopic (exact) mass is 375 g/mol. The minimum absolute atomic E-state index is 0.0763. The van der Waals surface area contributed by atoms with Gasteiger partial charge in [0, 0.05) is 13.1 Å². The van der Waals surface area contributed by atoms with Crippen molar-refractivity contribution >= 4 is 17.3 Å². The van der Waals surface area contributed by atoms with Gasteiger partial charge in [0.1, 0.15) is 11.4 Å². The smallest absolute Gasteiger partial charge is 0.272 e. The maximum Gasteiger partial charge on any atom is 0.272 e. The van der Waals surface area contributed by atoms with Gasteiger partial charge in [-0.3, -0.25) is 4.79 Å². The van der Waals surface area contributed by atoms with E-state index in [1.807, 2.05) is 74.5 Å². The Morgan fingerprint density at radius 3 is 2.43 bits per heavy atom. The number of hydrogen-bond acceptors (Lipinski definition) is 4. The molecule has 3 rings (SSSR count). The summed E-state index contributed by atoms with van der Waals surface area (Å²) in [6.07, 6.45) is 1.67. The summed E-state index contributed by atoms with van der Waals surface area (Å²) in [4.78, 5) is 19.0. The lowest BCUT2D eigenvalue weighted by Gasteiger charge is -2.20. The normalized spacial score (nSPS) is 10.4. The number of ether oxygens (including phenoxy) is 1. The van der Waals surface area contributed by atoms with Crippen LogP contribution in [0.2, 0.25) is 0 Å². The minimum Gasteiger partial charge on any atom is -0.492 e. The zero-order valence-corrected chi connectivity index (χ0v) is 16.3. The molecule has 0 spiro atoms. The molecular formula is C23H25N3O2. The number of nitrogens with zero attached hydrogens (tertiary/aromatic N) is 2. The summed E-state index contributed by atoms with van der Waals surface area (Å²) >= 11 is 0. The van der Waals surface area contributed by atoms with Crippen LogP contribution >= 0.6 is 0 Å². The molecule has 144 valence electrons. The van der Waals surface area contributed by atoms with Crippen molar-refractivity contribution in [3.8, 4) is 5.75 Å². The predicted octanol–water partition coefficient (Wildman–Crippen LogP) is 4.89. The molecule has 0 radical (unpaired) electrons. The summed E-state index contributed by atoms with van der Waals surface area (Å²) in [5, 5.41) is 3.29. The van der Waals surface area contributed by atoms with Gasteiger partial charge in [0.2, 0.25) is 0 Å². The first-order valence-electron chi connectivity index (χ1n) is 9.49. The lowest BCUT2D eigenvalue weighted by Crippen LogP contribution is -2.30. The quantitative estimate of drug-likeness (QED) is 0.609. The van der Waals surface area contributed by atoms with E-state index in [2.05, 4.69) is 10.3 Å². The molecule has 5 heteroatoms. The Bertz CT molecular complexity index is 895. The van der Waals surface area contributed by atoms with Crippen LogP contribution in [0.5, 0.6) is 5.75 Å². The molecule has 28 heavy (non-hydrogen) atoms. The summed E-state index contributed by atoms with van der Waals surface area (Å²) in [7, 11) is 0. The van der Waals surface area contributed by atoms with E-state index >= 15 is 0 Å². The standard InChI is InChI=1S/C23H25N3O2/c1-3-26(17-18-10-6-5-7-11-18)23(27)21-15-14-19(16-24-21)25-20-12-8-9-13-22(20)28-4-2/h5-16,25H,3-4,17H2,1-2H3. The van der Waals surface area contributed by atoms with Crippen LogP contribution in [0.3, 0.4) is 0 Å². The molecule has 1 aromatic heterocycles. The van der Waals surface area contributed by atoms with Gasteiger partial charge in [-0.25, -0.2) is 4.98 Å². The Kier molecular flexibility index (Phi) is 6.63. The summed E-state index contributed by atoms with van der Waals surface area (Å²) in [5.41, 5.74) is 3.20. The Balaban J connectivity index is 1.70. The molecule has 1 heterocycles. The molecule has 0 aliphatic rings. The largest absolute Gasteiger partial charge is 0.492 e. The highest BCUT2D eigenvalue weighted by molar-refractivity contribution is 5.92. The van der Waals surface area contributed by atoms with E-state index < -0.39 is 0 Å². The number of anilines is 2. The summed E-state index contributed by atoms with van der Waals surface area (Å²) in [6.45, 7) is 5.71. The first-order valence-corrected chi connectivity index (χ1v) is 9.49. The fourth-order valence-electron chi connectivity index (χ4n) is 2.89. The highest BCUT2D eigenvalue weighted by Crippen LogP contribution is 2.27. The van der Waals surface area contributed by atoms with Crippen molar-refractivity contribution in [3.05, 3.63) is 84.2 Å². The maximum absolute atomic E-state index is 12.8. The third-order valence-electron chi connectivity index (χ3n) is 4.33. The lowest BCUT2D eigenvalue weighted by molar-refractivity contribution is 0.0746. The van der Waals surface area contributed by atoms with Crippen molar-refractivity contribution in [1.29, 1.82) is 0 Å². The summed E-state index contributed by atoms with van der Waals surface area (Å²) in [6, 6.07) is 21.3. The van der Waals surface area contributed by atoms with Crippen LogP contribution in [0.1, 0.15) is 29.9 Å². The van der Waals surface area contributed by atoms with Crippen LogP contribution in [-0.2, 0) is 6.54 Å². The molecule has 0 fully saturated rings. The van der Waals surface area contributed by atoms with Gasteiger partial charge in [0.15, 0.2) is 0 Å². The number of benzene rings is 2. The first kappa shape index (κ1) is 19.4. The van der Waals surface area contributed by atoms with E-state index in [1.165, 1.54) is 0 Å². The number of amides is 1. The number of aromatic nitrogens is 1. The molecule has 0 aliphatic heterocycles. The van der Waals surface area contributed by atoms with Crippen LogP contribution in [0.15, 0.2) is 72.9 Å². The summed E-state index contributed by atoms with van der Waals surface area (Å²) < 4.78 is 5.63. The number of hydrogen-bond donors (Lipinski definition) is 1. The minimum atomic E-state index is -0.0763. The van der Waals surface area contributed by atoms with Gasteiger partial charge in [-0.05, 0) is 43.7 Å². The molecule has 1 amide bonds. The molecule has 0 saturated carbocycles. The molecule has 2 aromatic carbocycles. The van der Waals surface area contributed by atoms with Crippen molar-refractivity contribution in [2.45, 2.75) is 20.4 Å². The zero-order chi connectivity index (χ0) is 19.8. The highest BCUT2D eigenvalue weighted by Gasteiger charge is 2.16. The van der Waals surface area contributed by atoms with Gasteiger partial charge < -0.3 is 15.0 Å². The first-order chi connectivity index (χ1) is 13.7. The molecule has 3 aromatic rings. The van der Waals surface area contributed by atoms with Gasteiger partial charge in [-0.1, -0.05) is 42.5 Å². The molecular weight excluding hydrogens is 350 g/mol. The molecule has 0 bridgehead atoms. The van der Waals surface area contributed by atoms with Crippen molar-refractivity contribution in [2.75, 3.05) is 18.5 Å². The van der Waals surface area contributed by atoms with Crippen LogP contribution in [0.25, 0.3) is 0 Å². The number of carbonyl (C=O) groups is 1. The van der Waals surface area contributed by atoms with Gasteiger partial charge in [0.25, 0.3) is 5.91 Å². The molecule has 1 N–H and O–H groups in total. The Hall–Kier alpha value is -3.34. The topological polar surface area (TPSA) is 54.5 Å². The van der Waals surface area contributed by atoms with Crippen LogP contribution < -0.4 is 10.1 Å². The van der Waals surface area contributed by atoms with Crippen LogP contribution in [-0.4, -0.2) is 28.9 Å². The Morgan fingerprint density at radius 1 is 1.00 bits per heavy atom. The van der Waals surface area contributed by atoms with Crippen molar-refractivity contribution in [1.82, 2.24) is 9.88 Å². The Labute approximate surface area is 166 Å². The highest BCUT2D eigenvalue weighted by atomic mass is 16.5. The third kappa shape index (κ3) is 4.88. The fourth-order valence-corrected chi connectivity index (χ4v) is 2.89.